The zero-order chi connectivity index (χ0) is 14.0. The second-order valence-electron chi connectivity index (χ2n) is 6.64. The summed E-state index contributed by atoms with van der Waals surface area (Å²) >= 11 is 0. The fraction of sp³-hybridized carbons (Fsp3) is 0.421. The Kier molecular flexibility index (Phi) is 13.2. The summed E-state index contributed by atoms with van der Waals surface area (Å²) in [5.41, 5.74) is 1.69. The van der Waals surface area contributed by atoms with E-state index in [0.29, 0.717) is 5.04 Å². The van der Waals surface area contributed by atoms with Crippen LogP contribution in [0.2, 0.25) is 5.04 Å². The molecule has 1 aromatic carbocycles. The molecule has 0 heterocycles. The van der Waals surface area contributed by atoms with Crippen LogP contribution in [-0.4, -0.2) is 9.52 Å². The Bertz CT molecular complexity index is 533. The second kappa shape index (κ2) is 11.9. The first-order valence-corrected chi connectivity index (χ1v) is 9.41. The van der Waals surface area contributed by atoms with Crippen molar-refractivity contribution in [2.24, 2.45) is 5.92 Å². The molecule has 0 bridgehead atoms. The third kappa shape index (κ3) is 5.69. The van der Waals surface area contributed by atoms with Crippen LogP contribution < -0.4 is 42.4 Å². The van der Waals surface area contributed by atoms with Crippen LogP contribution in [0.15, 0.2) is 54.1 Å². The standard InChI is InChI=1S/C19H25Si.3ClH.Ti/c1-3-9-18-17-13-8-7-10-15(17)14-19(18,2)20-16-11-5-4-6-12-16;;;;/h4-8,11-13,15H,3,9-10,14,20H2,1-2H3;3*1H;/q-1;;;;+4/p-3. The summed E-state index contributed by atoms with van der Waals surface area (Å²) in [6.07, 6.45) is 12.3. The third-order valence-corrected chi connectivity index (χ3v) is 7.36. The van der Waals surface area contributed by atoms with E-state index in [4.69, 9.17) is 0 Å². The van der Waals surface area contributed by atoms with E-state index in [1.54, 1.807) is 16.7 Å². The molecule has 5 heteroatoms. The van der Waals surface area contributed by atoms with Gasteiger partial charge in [-0.3, -0.25) is 0 Å². The van der Waals surface area contributed by atoms with Gasteiger partial charge in [0.15, 0.2) is 0 Å². The Morgan fingerprint density at radius 2 is 1.83 bits per heavy atom. The van der Waals surface area contributed by atoms with Crippen LogP contribution in [0, 0.1) is 11.8 Å². The second-order valence-corrected chi connectivity index (χ2v) is 9.37. The van der Waals surface area contributed by atoms with Crippen LogP contribution in [0.3, 0.4) is 0 Å². The molecule has 0 amide bonds. The largest absolute Gasteiger partial charge is 4.00 e. The van der Waals surface area contributed by atoms with Crippen molar-refractivity contribution in [2.75, 3.05) is 0 Å². The van der Waals surface area contributed by atoms with Gasteiger partial charge in [-0.05, 0) is 12.3 Å². The molecular weight excluding hydrogens is 411 g/mol. The van der Waals surface area contributed by atoms with E-state index < -0.39 is 0 Å². The van der Waals surface area contributed by atoms with E-state index in [2.05, 4.69) is 62.4 Å². The normalized spacial score (nSPS) is 24.2. The first-order chi connectivity index (χ1) is 9.73. The van der Waals surface area contributed by atoms with E-state index >= 15 is 0 Å². The summed E-state index contributed by atoms with van der Waals surface area (Å²) in [6, 6.07) is 11.2. The zero-order valence-corrected chi connectivity index (χ0v) is 19.6. The minimum atomic E-state index is -0.259. The molecule has 2 aliphatic carbocycles. The fourth-order valence-electron chi connectivity index (χ4n) is 4.15. The van der Waals surface area contributed by atoms with Crippen LogP contribution in [0.5, 0.6) is 0 Å². The van der Waals surface area contributed by atoms with Crippen molar-refractivity contribution in [3.63, 3.8) is 0 Å². The molecule has 1 aromatic rings. The van der Waals surface area contributed by atoms with Gasteiger partial charge in [-0.1, -0.05) is 73.7 Å². The van der Waals surface area contributed by atoms with Gasteiger partial charge in [0.2, 0.25) is 0 Å². The van der Waals surface area contributed by atoms with Gasteiger partial charge in [-0.2, -0.15) is 0 Å². The molecule has 1 fully saturated rings. The summed E-state index contributed by atoms with van der Waals surface area (Å²) in [6.45, 7) is 4.88. The average Bonchev–Trinajstić information content (AvgIpc) is 2.73. The molecule has 130 valence electrons. The van der Waals surface area contributed by atoms with E-state index in [1.807, 2.05) is 0 Å². The van der Waals surface area contributed by atoms with Crippen molar-refractivity contribution < 1.29 is 58.9 Å². The Hall–Kier alpha value is 0.371. The van der Waals surface area contributed by atoms with Gasteiger partial charge < -0.3 is 37.2 Å². The van der Waals surface area contributed by atoms with Crippen LogP contribution in [0.25, 0.3) is 0 Å². The molecule has 0 aliphatic heterocycles. The third-order valence-electron chi connectivity index (χ3n) is 4.98. The van der Waals surface area contributed by atoms with Crippen LogP contribution in [0.1, 0.15) is 39.5 Å². The van der Waals surface area contributed by atoms with E-state index in [1.165, 1.54) is 25.7 Å². The minimum Gasteiger partial charge on any atom is -1.00 e. The van der Waals surface area contributed by atoms with Gasteiger partial charge in [0.05, 0.1) is 0 Å². The monoisotopic (exact) mass is 434 g/mol. The molecule has 3 rings (SSSR count). The molecular formula is C19H25Cl3SiTi. The molecule has 24 heavy (non-hydrogen) atoms. The predicted molar refractivity (Wildman–Crippen MR) is 91.1 cm³/mol. The fourth-order valence-corrected chi connectivity index (χ4v) is 6.65. The van der Waals surface area contributed by atoms with E-state index in [9.17, 15) is 0 Å². The van der Waals surface area contributed by atoms with Crippen molar-refractivity contribution in [3.05, 3.63) is 60.1 Å². The molecule has 2 unspecified atom stereocenters. The van der Waals surface area contributed by atoms with Crippen LogP contribution in [-0.2, 0) is 21.7 Å². The number of hydrogen-bond acceptors (Lipinski definition) is 0. The number of halogens is 3. The van der Waals surface area contributed by atoms with Crippen molar-refractivity contribution in [1.29, 1.82) is 0 Å². The summed E-state index contributed by atoms with van der Waals surface area (Å²) in [5.74, 6) is 2.60. The molecule has 0 N–H and O–H groups in total. The Morgan fingerprint density at radius 1 is 1.17 bits per heavy atom. The van der Waals surface area contributed by atoms with Gasteiger partial charge in [0.1, 0.15) is 0 Å². The number of rotatable bonds is 4. The van der Waals surface area contributed by atoms with Gasteiger partial charge in [-0.15, -0.1) is 12.2 Å². The average molecular weight is 436 g/mol. The predicted octanol–water partition coefficient (Wildman–Crippen LogP) is -5.05. The van der Waals surface area contributed by atoms with Gasteiger partial charge in [0.25, 0.3) is 0 Å². The molecule has 0 nitrogen and oxygen atoms in total. The number of fused-ring (bicyclic) bond motifs is 1. The number of hydrogen-bond donors (Lipinski definition) is 0. The van der Waals surface area contributed by atoms with Crippen molar-refractivity contribution in [3.8, 4) is 0 Å². The minimum absolute atomic E-state index is 0. The molecule has 0 saturated heterocycles. The van der Waals surface area contributed by atoms with Crippen LogP contribution in [0.4, 0.5) is 0 Å². The summed E-state index contributed by atoms with van der Waals surface area (Å²) in [5, 5.41) is 2.12. The maximum absolute atomic E-state index is 2.55. The van der Waals surface area contributed by atoms with E-state index in [0.717, 1.165) is 5.92 Å². The molecule has 2 aliphatic rings. The van der Waals surface area contributed by atoms with Crippen LogP contribution >= 0.6 is 0 Å². The smallest absolute Gasteiger partial charge is 1.00 e. The Balaban J connectivity index is 0. The number of benzene rings is 1. The van der Waals surface area contributed by atoms with Crippen molar-refractivity contribution in [1.82, 2.24) is 0 Å². The molecule has 2 atom stereocenters. The Labute approximate surface area is 183 Å². The Morgan fingerprint density at radius 3 is 2.46 bits per heavy atom. The first-order valence-electron chi connectivity index (χ1n) is 8.00. The molecule has 0 spiro atoms. The molecule has 1 saturated carbocycles. The van der Waals surface area contributed by atoms with Crippen molar-refractivity contribution >= 4 is 14.7 Å². The molecule has 0 aromatic heterocycles. The molecule has 0 radical (unpaired) electrons. The zero-order valence-electron chi connectivity index (χ0n) is 14.4. The quantitative estimate of drug-likeness (QED) is 0.328. The van der Waals surface area contributed by atoms with Gasteiger partial charge >= 0.3 is 21.7 Å². The SMILES string of the molecule is CCC[C-]1C2=CC=CCC2CC1(C)[SiH2]c1ccccc1.[Cl-].[Cl-].[Cl-].[Ti+4]. The maximum atomic E-state index is 2.55. The van der Waals surface area contributed by atoms with Crippen molar-refractivity contribution in [2.45, 2.75) is 44.6 Å². The van der Waals surface area contributed by atoms with Gasteiger partial charge in [0, 0.05) is 9.52 Å². The number of allylic oxidation sites excluding steroid dienone is 4. The summed E-state index contributed by atoms with van der Waals surface area (Å²) in [7, 11) is -0.259. The summed E-state index contributed by atoms with van der Waals surface area (Å²) < 4.78 is 0. The first kappa shape index (κ1) is 26.6. The topological polar surface area (TPSA) is 0 Å². The maximum Gasteiger partial charge on any atom is 4.00 e. The van der Waals surface area contributed by atoms with E-state index in [-0.39, 0.29) is 68.5 Å². The summed E-state index contributed by atoms with van der Waals surface area (Å²) in [4.78, 5) is 0. The van der Waals surface area contributed by atoms with Gasteiger partial charge in [-0.25, -0.2) is 17.6 Å².